The number of nitrogens with zero attached hydrogens (tertiary/aromatic N) is 2. The average Bonchev–Trinajstić information content (AvgIpc) is 3.11. The van der Waals surface area contributed by atoms with Crippen LogP contribution in [0.2, 0.25) is 10.0 Å². The molecule has 8 heteroatoms. The maximum atomic E-state index is 15.6. The van der Waals surface area contributed by atoms with Crippen molar-refractivity contribution in [1.29, 1.82) is 0 Å². The molecule has 2 saturated heterocycles. The van der Waals surface area contributed by atoms with Crippen LogP contribution in [0.25, 0.3) is 11.0 Å². The minimum atomic E-state index is -1.29. The van der Waals surface area contributed by atoms with Gasteiger partial charge in [0.05, 0.1) is 46.7 Å². The third-order valence-electron chi connectivity index (χ3n) is 5.27. The van der Waals surface area contributed by atoms with Crippen molar-refractivity contribution in [3.63, 3.8) is 0 Å². The number of halogens is 3. The molecule has 0 aliphatic carbocycles. The van der Waals surface area contributed by atoms with Gasteiger partial charge in [0.25, 0.3) is 0 Å². The molecule has 2 fully saturated rings. The van der Waals surface area contributed by atoms with Crippen LogP contribution in [-0.4, -0.2) is 41.1 Å². The lowest BCUT2D eigenvalue weighted by Crippen LogP contribution is -2.54. The molecule has 2 aliphatic rings. The van der Waals surface area contributed by atoms with Gasteiger partial charge in [0.15, 0.2) is 12.5 Å². The van der Waals surface area contributed by atoms with Gasteiger partial charge in [-0.3, -0.25) is 0 Å². The first-order valence-electron chi connectivity index (χ1n) is 9.01. The van der Waals surface area contributed by atoms with E-state index in [0.717, 1.165) is 5.56 Å². The summed E-state index contributed by atoms with van der Waals surface area (Å²) < 4.78 is 34.9. The quantitative estimate of drug-likeness (QED) is 0.598. The van der Waals surface area contributed by atoms with Crippen LogP contribution in [-0.2, 0) is 14.2 Å². The Morgan fingerprint density at radius 2 is 1.82 bits per heavy atom. The van der Waals surface area contributed by atoms with E-state index in [4.69, 9.17) is 37.4 Å². The summed E-state index contributed by atoms with van der Waals surface area (Å²) in [4.78, 5) is 4.33. The number of benzene rings is 2. The summed E-state index contributed by atoms with van der Waals surface area (Å²) in [7, 11) is 0. The van der Waals surface area contributed by atoms with E-state index < -0.39 is 30.7 Å². The molecule has 146 valence electrons. The van der Waals surface area contributed by atoms with E-state index in [1.807, 2.05) is 30.3 Å². The van der Waals surface area contributed by atoms with Crippen LogP contribution in [0.4, 0.5) is 4.39 Å². The summed E-state index contributed by atoms with van der Waals surface area (Å²) in [6, 6.07) is 12.3. The molecule has 0 spiro atoms. The van der Waals surface area contributed by atoms with Gasteiger partial charge in [0.2, 0.25) is 0 Å². The maximum Gasteiger partial charge on any atom is 0.184 e. The topological polar surface area (TPSA) is 45.5 Å². The zero-order chi connectivity index (χ0) is 19.3. The third kappa shape index (κ3) is 3.09. The number of ether oxygens (including phenoxy) is 3. The van der Waals surface area contributed by atoms with Crippen molar-refractivity contribution in [2.75, 3.05) is 13.2 Å². The molecule has 5 unspecified atom stereocenters. The molecule has 3 heterocycles. The molecule has 5 nitrogen and oxygen atoms in total. The third-order valence-corrected chi connectivity index (χ3v) is 5.99. The monoisotopic (exact) mass is 422 g/mol. The molecule has 2 aromatic carbocycles. The van der Waals surface area contributed by atoms with Crippen LogP contribution >= 0.6 is 23.2 Å². The Bertz CT molecular complexity index is 1000. The van der Waals surface area contributed by atoms with Crippen LogP contribution in [0.3, 0.4) is 0 Å². The van der Waals surface area contributed by atoms with Gasteiger partial charge in [0.1, 0.15) is 12.2 Å². The normalized spacial score (nSPS) is 30.3. The Kier molecular flexibility index (Phi) is 4.77. The molecule has 5 atom stereocenters. The van der Waals surface area contributed by atoms with Crippen LogP contribution < -0.4 is 0 Å². The predicted octanol–water partition coefficient (Wildman–Crippen LogP) is 4.74. The van der Waals surface area contributed by atoms with Gasteiger partial charge in [-0.2, -0.15) is 0 Å². The molecule has 0 radical (unpaired) electrons. The summed E-state index contributed by atoms with van der Waals surface area (Å²) in [6.45, 7) is 0.472. The molecule has 1 aromatic heterocycles. The van der Waals surface area contributed by atoms with Gasteiger partial charge in [-0.1, -0.05) is 53.5 Å². The lowest BCUT2D eigenvalue weighted by atomic mass is 9.98. The van der Waals surface area contributed by atoms with Gasteiger partial charge in [0, 0.05) is 5.56 Å². The molecule has 2 aliphatic heterocycles. The Balaban J connectivity index is 1.43. The first-order chi connectivity index (χ1) is 13.6. The van der Waals surface area contributed by atoms with Gasteiger partial charge >= 0.3 is 0 Å². The number of hydrogen-bond acceptors (Lipinski definition) is 4. The van der Waals surface area contributed by atoms with E-state index in [1.165, 1.54) is 0 Å². The van der Waals surface area contributed by atoms with Gasteiger partial charge in [-0.25, -0.2) is 9.37 Å². The van der Waals surface area contributed by atoms with E-state index >= 15 is 4.39 Å². The second-order valence-corrected chi connectivity index (χ2v) is 7.78. The van der Waals surface area contributed by atoms with E-state index in [1.54, 1.807) is 23.0 Å². The first-order valence-corrected chi connectivity index (χ1v) is 9.76. The number of imidazole rings is 1. The van der Waals surface area contributed by atoms with Crippen LogP contribution in [0.1, 0.15) is 17.9 Å². The molecule has 0 N–H and O–H groups in total. The SMILES string of the molecule is FC1C2OC(c3ccccc3)OCC2OCC1n1cnc2cc(Cl)c(Cl)cc21. The van der Waals surface area contributed by atoms with Crippen LogP contribution in [0, 0.1) is 0 Å². The highest BCUT2D eigenvalue weighted by Gasteiger charge is 2.47. The second kappa shape index (κ2) is 7.28. The molecule has 3 aromatic rings. The smallest absolute Gasteiger partial charge is 0.184 e. The van der Waals surface area contributed by atoms with Crippen molar-refractivity contribution in [3.05, 3.63) is 64.4 Å². The number of fused-ring (bicyclic) bond motifs is 2. The summed E-state index contributed by atoms with van der Waals surface area (Å²) in [5.41, 5.74) is 2.21. The zero-order valence-corrected chi connectivity index (χ0v) is 16.2. The largest absolute Gasteiger partial charge is 0.371 e. The number of aromatic nitrogens is 2. The molecular formula is C20H17Cl2FN2O3. The van der Waals surface area contributed by atoms with Crippen LogP contribution in [0.5, 0.6) is 0 Å². The first kappa shape index (κ1) is 18.3. The fourth-order valence-corrected chi connectivity index (χ4v) is 4.12. The number of rotatable bonds is 2. The fourth-order valence-electron chi connectivity index (χ4n) is 3.81. The molecule has 0 saturated carbocycles. The number of alkyl halides is 1. The van der Waals surface area contributed by atoms with E-state index in [2.05, 4.69) is 4.98 Å². The van der Waals surface area contributed by atoms with Crippen molar-refractivity contribution < 1.29 is 18.6 Å². The standard InChI is InChI=1S/C20H17Cl2FN2O3/c21-12-6-14-15(7-13(12)22)25(10-24-14)16-8-26-17-9-27-20(28-19(17)18(16)23)11-4-2-1-3-5-11/h1-7,10,16-20H,8-9H2. The highest BCUT2D eigenvalue weighted by molar-refractivity contribution is 6.42. The molecule has 28 heavy (non-hydrogen) atoms. The number of hydrogen-bond donors (Lipinski definition) is 0. The highest BCUT2D eigenvalue weighted by atomic mass is 35.5. The summed E-state index contributed by atoms with van der Waals surface area (Å²) >= 11 is 12.2. The molecule has 0 bridgehead atoms. The van der Waals surface area contributed by atoms with Crippen molar-refractivity contribution in [3.8, 4) is 0 Å². The molecular weight excluding hydrogens is 406 g/mol. The Morgan fingerprint density at radius 1 is 1.04 bits per heavy atom. The fraction of sp³-hybridized carbons (Fsp3) is 0.350. The molecule has 0 amide bonds. The van der Waals surface area contributed by atoms with E-state index in [0.29, 0.717) is 21.1 Å². The van der Waals surface area contributed by atoms with Crippen LogP contribution in [0.15, 0.2) is 48.8 Å². The average molecular weight is 423 g/mol. The lowest BCUT2D eigenvalue weighted by Gasteiger charge is -2.44. The predicted molar refractivity (Wildman–Crippen MR) is 103 cm³/mol. The van der Waals surface area contributed by atoms with Gasteiger partial charge in [-0.05, 0) is 12.1 Å². The summed E-state index contributed by atoms with van der Waals surface area (Å²) in [6.07, 6.45) is -1.50. The van der Waals surface area contributed by atoms with Crippen molar-refractivity contribution in [2.24, 2.45) is 0 Å². The highest BCUT2D eigenvalue weighted by Crippen LogP contribution is 2.38. The summed E-state index contributed by atoms with van der Waals surface area (Å²) in [5.74, 6) is 0. The van der Waals surface area contributed by atoms with Crippen molar-refractivity contribution in [2.45, 2.75) is 30.7 Å². The van der Waals surface area contributed by atoms with E-state index in [9.17, 15) is 0 Å². The lowest BCUT2D eigenvalue weighted by molar-refractivity contribution is -0.298. The summed E-state index contributed by atoms with van der Waals surface area (Å²) in [5, 5.41) is 0.807. The minimum Gasteiger partial charge on any atom is -0.371 e. The maximum absolute atomic E-state index is 15.6. The van der Waals surface area contributed by atoms with Gasteiger partial charge < -0.3 is 18.8 Å². The Labute approximate surface area is 170 Å². The zero-order valence-electron chi connectivity index (χ0n) is 14.7. The minimum absolute atomic E-state index is 0.191. The van der Waals surface area contributed by atoms with E-state index in [-0.39, 0.29) is 13.2 Å². The van der Waals surface area contributed by atoms with Gasteiger partial charge in [-0.15, -0.1) is 0 Å². The Morgan fingerprint density at radius 3 is 2.64 bits per heavy atom. The van der Waals surface area contributed by atoms with Crippen molar-refractivity contribution >= 4 is 34.2 Å². The molecule has 5 rings (SSSR count). The second-order valence-electron chi connectivity index (χ2n) is 6.97. The Hall–Kier alpha value is -1.70. The van der Waals surface area contributed by atoms with Crippen molar-refractivity contribution in [1.82, 2.24) is 9.55 Å².